The largest absolute Gasteiger partial charge is 0.480 e. The Hall–Kier alpha value is -2.34. The molecule has 1 fully saturated rings. The molecule has 1 aromatic heterocycles. The predicted octanol–water partition coefficient (Wildman–Crippen LogP) is 2.65. The van der Waals surface area contributed by atoms with Gasteiger partial charge in [-0.3, -0.25) is 4.79 Å². The van der Waals surface area contributed by atoms with Gasteiger partial charge in [0.05, 0.1) is 0 Å². The van der Waals surface area contributed by atoms with Crippen LogP contribution in [0.2, 0.25) is 0 Å². The summed E-state index contributed by atoms with van der Waals surface area (Å²) in [5.74, 6) is 0.426. The van der Waals surface area contributed by atoms with Gasteiger partial charge >= 0.3 is 5.63 Å². The molecule has 0 radical (unpaired) electrons. The number of hydrogen-bond donors (Lipinski definition) is 1. The van der Waals surface area contributed by atoms with Crippen molar-refractivity contribution >= 4 is 16.9 Å². The second-order valence-corrected chi connectivity index (χ2v) is 7.42. The van der Waals surface area contributed by atoms with E-state index in [0.29, 0.717) is 24.5 Å². The minimum atomic E-state index is -0.634. The Bertz CT molecular complexity index is 926. The van der Waals surface area contributed by atoms with Crippen molar-refractivity contribution in [1.29, 1.82) is 0 Å². The van der Waals surface area contributed by atoms with E-state index in [2.05, 4.69) is 5.32 Å². The van der Waals surface area contributed by atoms with Crippen molar-refractivity contribution in [3.63, 3.8) is 0 Å². The summed E-state index contributed by atoms with van der Waals surface area (Å²) in [6.07, 6.45) is 3.69. The maximum atomic E-state index is 12.4. The van der Waals surface area contributed by atoms with Gasteiger partial charge in [0.2, 0.25) is 0 Å². The third kappa shape index (κ3) is 3.46. The van der Waals surface area contributed by atoms with Crippen LogP contribution < -0.4 is 15.7 Å². The van der Waals surface area contributed by atoms with Gasteiger partial charge in [0, 0.05) is 35.8 Å². The molecule has 0 spiro atoms. The number of rotatable bonds is 4. The first-order valence-electron chi connectivity index (χ1n) is 9.67. The van der Waals surface area contributed by atoms with Gasteiger partial charge in [-0.1, -0.05) is 0 Å². The molecule has 0 bridgehead atoms. The average Bonchev–Trinajstić information content (AvgIpc) is 3.16. The first-order valence-corrected chi connectivity index (χ1v) is 9.67. The Morgan fingerprint density at radius 3 is 2.74 bits per heavy atom. The highest BCUT2D eigenvalue weighted by atomic mass is 16.5. The zero-order chi connectivity index (χ0) is 19.0. The molecular formula is C21H25NO5. The van der Waals surface area contributed by atoms with Gasteiger partial charge in [0.15, 0.2) is 6.10 Å². The van der Waals surface area contributed by atoms with Crippen LogP contribution >= 0.6 is 0 Å². The quantitative estimate of drug-likeness (QED) is 0.836. The van der Waals surface area contributed by atoms with E-state index in [4.69, 9.17) is 13.9 Å². The molecule has 6 nitrogen and oxygen atoms in total. The monoisotopic (exact) mass is 371 g/mol. The van der Waals surface area contributed by atoms with Crippen LogP contribution in [0.4, 0.5) is 0 Å². The summed E-state index contributed by atoms with van der Waals surface area (Å²) < 4.78 is 16.8. The van der Waals surface area contributed by atoms with Crippen LogP contribution in [0.3, 0.4) is 0 Å². The molecule has 1 aromatic carbocycles. The van der Waals surface area contributed by atoms with Crippen molar-refractivity contribution in [2.75, 3.05) is 13.2 Å². The van der Waals surface area contributed by atoms with Crippen molar-refractivity contribution in [3.05, 3.63) is 39.2 Å². The minimum Gasteiger partial charge on any atom is -0.480 e. The number of carbonyl (C=O) groups excluding carboxylic acids is 1. The smallest absolute Gasteiger partial charge is 0.339 e. The Morgan fingerprint density at radius 2 is 1.96 bits per heavy atom. The Kier molecular flexibility index (Phi) is 4.91. The lowest BCUT2D eigenvalue weighted by Crippen LogP contribution is -2.44. The summed E-state index contributed by atoms with van der Waals surface area (Å²) in [5.41, 5.74) is 2.97. The lowest BCUT2D eigenvalue weighted by Gasteiger charge is -2.25. The maximum absolute atomic E-state index is 12.4. The van der Waals surface area contributed by atoms with Crippen molar-refractivity contribution in [1.82, 2.24) is 5.32 Å². The number of benzene rings is 1. The van der Waals surface area contributed by atoms with Crippen LogP contribution in [0, 0.1) is 6.92 Å². The topological polar surface area (TPSA) is 77.8 Å². The second kappa shape index (κ2) is 7.35. The summed E-state index contributed by atoms with van der Waals surface area (Å²) in [7, 11) is 0. The first-order chi connectivity index (χ1) is 13.0. The number of hydrogen-bond acceptors (Lipinski definition) is 5. The van der Waals surface area contributed by atoms with Gasteiger partial charge in [-0.05, 0) is 63.6 Å². The highest BCUT2D eigenvalue weighted by Crippen LogP contribution is 2.33. The molecule has 1 N–H and O–H groups in total. The molecule has 27 heavy (non-hydrogen) atoms. The highest BCUT2D eigenvalue weighted by molar-refractivity contribution is 5.86. The average molecular weight is 371 g/mol. The molecule has 2 heterocycles. The SMILES string of the molecule is Cc1c(OC(C)C(=O)NC2CCOCC2)ccc2c3c(c(=O)oc12)CCC3. The fraction of sp³-hybridized carbons (Fsp3) is 0.524. The van der Waals surface area contributed by atoms with E-state index in [9.17, 15) is 9.59 Å². The second-order valence-electron chi connectivity index (χ2n) is 7.42. The number of carbonyl (C=O) groups is 1. The van der Waals surface area contributed by atoms with Gasteiger partial charge < -0.3 is 19.2 Å². The predicted molar refractivity (Wildman–Crippen MR) is 101 cm³/mol. The molecule has 2 aromatic rings. The number of fused-ring (bicyclic) bond motifs is 3. The van der Waals surface area contributed by atoms with Gasteiger partial charge in [-0.25, -0.2) is 4.79 Å². The first kappa shape index (κ1) is 18.0. The van der Waals surface area contributed by atoms with Crippen LogP contribution in [0.1, 0.15) is 42.9 Å². The van der Waals surface area contributed by atoms with E-state index in [1.54, 1.807) is 6.92 Å². The molecule has 1 unspecified atom stereocenters. The van der Waals surface area contributed by atoms with Gasteiger partial charge in [0.1, 0.15) is 11.3 Å². The summed E-state index contributed by atoms with van der Waals surface area (Å²) >= 11 is 0. The summed E-state index contributed by atoms with van der Waals surface area (Å²) in [5, 5.41) is 4.00. The van der Waals surface area contributed by atoms with E-state index in [1.165, 1.54) is 0 Å². The third-order valence-electron chi connectivity index (χ3n) is 5.58. The highest BCUT2D eigenvalue weighted by Gasteiger charge is 2.24. The van der Waals surface area contributed by atoms with Crippen molar-refractivity contribution in [2.45, 2.75) is 58.1 Å². The molecule has 1 saturated heterocycles. The van der Waals surface area contributed by atoms with Crippen LogP contribution in [0.5, 0.6) is 5.75 Å². The molecular weight excluding hydrogens is 346 g/mol. The van der Waals surface area contributed by atoms with Gasteiger partial charge in [0.25, 0.3) is 5.91 Å². The fourth-order valence-corrected chi connectivity index (χ4v) is 4.00. The molecule has 1 atom stereocenters. The lowest BCUT2D eigenvalue weighted by atomic mass is 10.0. The Balaban J connectivity index is 1.55. The molecule has 144 valence electrons. The minimum absolute atomic E-state index is 0.135. The Morgan fingerprint density at radius 1 is 1.22 bits per heavy atom. The van der Waals surface area contributed by atoms with E-state index in [1.807, 2.05) is 19.1 Å². The van der Waals surface area contributed by atoms with E-state index >= 15 is 0 Å². The molecule has 4 rings (SSSR count). The molecule has 1 amide bonds. The normalized spacial score (nSPS) is 18.3. The maximum Gasteiger partial charge on any atom is 0.339 e. The summed E-state index contributed by atoms with van der Waals surface area (Å²) in [4.78, 5) is 24.7. The van der Waals surface area contributed by atoms with Crippen LogP contribution in [-0.2, 0) is 22.4 Å². The summed E-state index contributed by atoms with van der Waals surface area (Å²) in [6.45, 7) is 4.95. The zero-order valence-electron chi connectivity index (χ0n) is 15.8. The molecule has 2 aliphatic rings. The van der Waals surface area contributed by atoms with Crippen LogP contribution in [0.15, 0.2) is 21.3 Å². The standard InChI is InChI=1S/C21H25NO5/c1-12-18(26-13(2)20(23)22-14-8-10-25-11-9-14)7-6-16-15-4-3-5-17(15)21(24)27-19(12)16/h6-7,13-14H,3-5,8-11H2,1-2H3,(H,22,23). The number of ether oxygens (including phenoxy) is 2. The van der Waals surface area contributed by atoms with E-state index in [-0.39, 0.29) is 17.6 Å². The molecule has 1 aliphatic heterocycles. The van der Waals surface area contributed by atoms with Crippen molar-refractivity contribution < 1.29 is 18.7 Å². The molecule has 0 saturated carbocycles. The van der Waals surface area contributed by atoms with E-state index in [0.717, 1.165) is 54.2 Å². The molecule has 6 heteroatoms. The lowest BCUT2D eigenvalue weighted by molar-refractivity contribution is -0.128. The zero-order valence-corrected chi connectivity index (χ0v) is 15.8. The van der Waals surface area contributed by atoms with Crippen LogP contribution in [0.25, 0.3) is 11.0 Å². The van der Waals surface area contributed by atoms with Gasteiger partial charge in [-0.2, -0.15) is 0 Å². The Labute approximate surface area is 157 Å². The fourth-order valence-electron chi connectivity index (χ4n) is 4.00. The van der Waals surface area contributed by atoms with Crippen LogP contribution in [-0.4, -0.2) is 31.3 Å². The number of aryl methyl sites for hydroxylation is 2. The number of nitrogens with one attached hydrogen (secondary N) is 1. The van der Waals surface area contributed by atoms with Gasteiger partial charge in [-0.15, -0.1) is 0 Å². The number of amides is 1. The van der Waals surface area contributed by atoms with Crippen molar-refractivity contribution in [2.24, 2.45) is 0 Å². The third-order valence-corrected chi connectivity index (χ3v) is 5.58. The summed E-state index contributed by atoms with van der Waals surface area (Å²) in [6, 6.07) is 3.94. The molecule has 1 aliphatic carbocycles. The van der Waals surface area contributed by atoms with E-state index < -0.39 is 6.10 Å². The van der Waals surface area contributed by atoms with Crippen molar-refractivity contribution in [3.8, 4) is 5.75 Å².